The van der Waals surface area contributed by atoms with Crippen molar-refractivity contribution in [1.29, 1.82) is 0 Å². The third-order valence-corrected chi connectivity index (χ3v) is 14.3. The van der Waals surface area contributed by atoms with Crippen LogP contribution in [0.5, 0.6) is 0 Å². The fourth-order valence-electron chi connectivity index (χ4n) is 10.7. The van der Waals surface area contributed by atoms with Gasteiger partial charge in [0.2, 0.25) is 0 Å². The lowest BCUT2D eigenvalue weighted by Crippen LogP contribution is -1.94. The summed E-state index contributed by atoms with van der Waals surface area (Å²) in [6, 6.07) is 86.4. The monoisotopic (exact) mass is 914 g/mol. The van der Waals surface area contributed by atoms with Crippen LogP contribution in [0.2, 0.25) is 0 Å². The predicted octanol–water partition coefficient (Wildman–Crippen LogP) is 17.9. The normalized spacial score (nSPS) is 11.6. The predicted molar refractivity (Wildman–Crippen MR) is 301 cm³/mol. The highest BCUT2D eigenvalue weighted by Gasteiger charge is 2.18. The number of rotatable bonds is 7. The molecule has 4 heteroatoms. The minimum atomic E-state index is 0.815. The summed E-state index contributed by atoms with van der Waals surface area (Å²) in [5.74, 6) is 0. The summed E-state index contributed by atoms with van der Waals surface area (Å²) in [5, 5.41) is 8.95. The molecule has 0 bridgehead atoms. The largest absolute Gasteiger partial charge is 0.252 e. The van der Waals surface area contributed by atoms with Gasteiger partial charge in [-0.2, -0.15) is 0 Å². The van der Waals surface area contributed by atoms with Gasteiger partial charge in [0, 0.05) is 32.7 Å². The Labute approximate surface area is 416 Å². The molecule has 0 aliphatic carbocycles. The Hall–Kier alpha value is -9.64. The van der Waals surface area contributed by atoms with E-state index in [9.17, 15) is 0 Å². The molecule has 334 valence electrons. The lowest BCUT2D eigenvalue weighted by atomic mass is 9.93. The molecule has 0 atom stereocenters. The molecular formula is C68H42N4. The van der Waals surface area contributed by atoms with Crippen molar-refractivity contribution in [2.45, 2.75) is 0 Å². The van der Waals surface area contributed by atoms with Crippen molar-refractivity contribution in [3.8, 4) is 78.1 Å². The third-order valence-electron chi connectivity index (χ3n) is 14.3. The van der Waals surface area contributed by atoms with Crippen molar-refractivity contribution < 1.29 is 0 Å². The lowest BCUT2D eigenvalue weighted by Gasteiger charge is -2.14. The van der Waals surface area contributed by atoms with Gasteiger partial charge in [-0.15, -0.1) is 0 Å². The van der Waals surface area contributed by atoms with E-state index in [4.69, 9.17) is 19.9 Å². The topological polar surface area (TPSA) is 51.6 Å². The zero-order chi connectivity index (χ0) is 47.5. The molecule has 0 aliphatic heterocycles. The van der Waals surface area contributed by atoms with E-state index in [0.29, 0.717) is 0 Å². The molecule has 14 aromatic rings. The molecule has 0 spiro atoms. The molecule has 0 fully saturated rings. The van der Waals surface area contributed by atoms with E-state index in [1.807, 2.05) is 12.4 Å². The molecule has 0 saturated carbocycles. The lowest BCUT2D eigenvalue weighted by molar-refractivity contribution is 1.31. The quantitative estimate of drug-likeness (QED) is 0.150. The van der Waals surface area contributed by atoms with Crippen LogP contribution >= 0.6 is 0 Å². The van der Waals surface area contributed by atoms with E-state index in [1.54, 1.807) is 0 Å². The maximum absolute atomic E-state index is 5.50. The Morgan fingerprint density at radius 2 is 0.444 bits per heavy atom. The van der Waals surface area contributed by atoms with Crippen LogP contribution in [0.15, 0.2) is 255 Å². The molecule has 0 saturated heterocycles. The SMILES string of the molecule is c1ccc(-c2ccc3c4ccc(-c5ccccc5)cc4c4nc(-c5cccc(-c6cccc(-c7cnc8c9cc(-c%10ccccc%10)ccc9c9ccc(-c%10ccccc%10)cc9c8n7)c6)c5)cnc4c3c2)cc1. The molecule has 12 aromatic carbocycles. The van der Waals surface area contributed by atoms with Crippen molar-refractivity contribution in [3.63, 3.8) is 0 Å². The van der Waals surface area contributed by atoms with Crippen LogP contribution in [0.4, 0.5) is 0 Å². The van der Waals surface area contributed by atoms with Crippen molar-refractivity contribution in [3.05, 3.63) is 255 Å². The smallest absolute Gasteiger partial charge is 0.0979 e. The maximum Gasteiger partial charge on any atom is 0.0979 e. The molecule has 2 heterocycles. The van der Waals surface area contributed by atoms with Gasteiger partial charge in [0.1, 0.15) is 0 Å². The van der Waals surface area contributed by atoms with E-state index in [0.717, 1.165) is 132 Å². The van der Waals surface area contributed by atoms with Gasteiger partial charge in [-0.3, -0.25) is 9.97 Å². The molecule has 0 unspecified atom stereocenters. The average Bonchev–Trinajstić information content (AvgIpc) is 3.47. The molecule has 0 aliphatic rings. The second kappa shape index (κ2) is 17.1. The minimum Gasteiger partial charge on any atom is -0.252 e. The van der Waals surface area contributed by atoms with Gasteiger partial charge in [-0.05, 0) is 114 Å². The van der Waals surface area contributed by atoms with E-state index < -0.39 is 0 Å². The first-order valence-electron chi connectivity index (χ1n) is 24.4. The summed E-state index contributed by atoms with van der Waals surface area (Å²) in [7, 11) is 0. The van der Waals surface area contributed by atoms with E-state index in [2.05, 4.69) is 243 Å². The third kappa shape index (κ3) is 7.16. The van der Waals surface area contributed by atoms with Crippen LogP contribution < -0.4 is 0 Å². The summed E-state index contributed by atoms with van der Waals surface area (Å²) in [6.45, 7) is 0. The van der Waals surface area contributed by atoms with Crippen molar-refractivity contribution in [2.24, 2.45) is 0 Å². The summed E-state index contributed by atoms with van der Waals surface area (Å²) in [5.41, 5.74) is 18.6. The molecular weight excluding hydrogens is 873 g/mol. The van der Waals surface area contributed by atoms with E-state index in [-0.39, 0.29) is 0 Å². The number of benzene rings is 12. The van der Waals surface area contributed by atoms with Gasteiger partial charge in [-0.25, -0.2) is 9.97 Å². The molecule has 0 radical (unpaired) electrons. The Kier molecular flexibility index (Phi) is 9.82. The van der Waals surface area contributed by atoms with Crippen LogP contribution in [0, 0.1) is 0 Å². The number of hydrogen-bond acceptors (Lipinski definition) is 4. The first-order chi connectivity index (χ1) is 35.7. The van der Waals surface area contributed by atoms with Gasteiger partial charge in [0.05, 0.1) is 45.8 Å². The zero-order valence-corrected chi connectivity index (χ0v) is 39.0. The second-order valence-corrected chi connectivity index (χ2v) is 18.6. The second-order valence-electron chi connectivity index (χ2n) is 18.6. The van der Waals surface area contributed by atoms with Gasteiger partial charge < -0.3 is 0 Å². The Bertz CT molecular complexity index is 4130. The first-order valence-corrected chi connectivity index (χ1v) is 24.4. The summed E-state index contributed by atoms with van der Waals surface area (Å²) >= 11 is 0. The van der Waals surface area contributed by atoms with Crippen LogP contribution in [-0.4, -0.2) is 19.9 Å². The van der Waals surface area contributed by atoms with Crippen LogP contribution in [0.25, 0.3) is 143 Å². The fraction of sp³-hybridized carbons (Fsp3) is 0. The molecule has 2 aromatic heterocycles. The van der Waals surface area contributed by atoms with Crippen LogP contribution in [0.1, 0.15) is 0 Å². The van der Waals surface area contributed by atoms with E-state index in [1.165, 1.54) is 11.1 Å². The number of hydrogen-bond donors (Lipinski definition) is 0. The van der Waals surface area contributed by atoms with Gasteiger partial charge in [0.15, 0.2) is 0 Å². The molecule has 4 nitrogen and oxygen atoms in total. The average molecular weight is 915 g/mol. The molecule has 0 N–H and O–H groups in total. The number of nitrogens with zero attached hydrogens (tertiary/aromatic N) is 4. The molecule has 14 rings (SSSR count). The highest BCUT2D eigenvalue weighted by atomic mass is 14.8. The number of aromatic nitrogens is 4. The van der Waals surface area contributed by atoms with Crippen molar-refractivity contribution in [2.75, 3.05) is 0 Å². The summed E-state index contributed by atoms with van der Waals surface area (Å²) in [6.07, 6.45) is 3.87. The van der Waals surface area contributed by atoms with Crippen LogP contribution in [-0.2, 0) is 0 Å². The highest BCUT2D eigenvalue weighted by molar-refractivity contribution is 6.25. The van der Waals surface area contributed by atoms with Crippen molar-refractivity contribution >= 4 is 65.2 Å². The Balaban J connectivity index is 0.889. The number of fused-ring (bicyclic) bond motifs is 12. The molecule has 72 heavy (non-hydrogen) atoms. The Morgan fingerprint density at radius 1 is 0.181 bits per heavy atom. The van der Waals surface area contributed by atoms with Gasteiger partial charge in [0.25, 0.3) is 0 Å². The molecule has 0 amide bonds. The van der Waals surface area contributed by atoms with Gasteiger partial charge in [-0.1, -0.05) is 206 Å². The van der Waals surface area contributed by atoms with Crippen LogP contribution in [0.3, 0.4) is 0 Å². The highest BCUT2D eigenvalue weighted by Crippen LogP contribution is 2.41. The standard InChI is InChI=1S/C68H42N4/c1-5-15-43(16-6-1)49-27-31-55-57-33-29-51(45-19-9-3-10-20-45)39-61(57)67-65(59(55)37-49)69-41-63(71-67)53-25-13-23-47(35-53)48-24-14-26-54(36-48)64-42-70-66-60-38-50(44-17-7-2-8-18-44)28-32-56(60)58-34-30-52(40-62(58)68(66)72-64)46-21-11-4-12-22-46/h1-42H. The fourth-order valence-corrected chi connectivity index (χ4v) is 10.7. The maximum atomic E-state index is 5.50. The minimum absolute atomic E-state index is 0.815. The Morgan fingerprint density at radius 3 is 0.764 bits per heavy atom. The zero-order valence-electron chi connectivity index (χ0n) is 39.0. The summed E-state index contributed by atoms with van der Waals surface area (Å²) in [4.78, 5) is 21.5. The first kappa shape index (κ1) is 41.3. The van der Waals surface area contributed by atoms with Gasteiger partial charge >= 0.3 is 0 Å². The van der Waals surface area contributed by atoms with Crippen molar-refractivity contribution in [1.82, 2.24) is 19.9 Å². The summed E-state index contributed by atoms with van der Waals surface area (Å²) < 4.78 is 0. The van der Waals surface area contributed by atoms with E-state index >= 15 is 0 Å².